The fourth-order valence-electron chi connectivity index (χ4n) is 8.60. The lowest BCUT2D eigenvalue weighted by Gasteiger charge is -2.32. The summed E-state index contributed by atoms with van der Waals surface area (Å²) in [5.41, 5.74) is 0. The topological polar surface area (TPSA) is 76.2 Å². The van der Waals surface area contributed by atoms with Crippen LogP contribution in [0.4, 0.5) is 0 Å². The first-order valence-electron chi connectivity index (χ1n) is 25.9. The van der Waals surface area contributed by atoms with E-state index in [2.05, 4.69) is 51.6 Å². The lowest BCUT2D eigenvalue weighted by Crippen LogP contribution is -2.40. The quantitative estimate of drug-likeness (QED) is 0.0449. The Morgan fingerprint density at radius 1 is 0.407 bits per heavy atom. The third kappa shape index (κ3) is 37.8. The van der Waals surface area contributed by atoms with Crippen LogP contribution in [0.25, 0.3) is 0 Å². The summed E-state index contributed by atoms with van der Waals surface area (Å²) in [6.07, 6.45) is 39.9. The molecule has 0 saturated heterocycles. The summed E-state index contributed by atoms with van der Waals surface area (Å²) in [5.74, 6) is 1.05. The van der Waals surface area contributed by atoms with Crippen LogP contribution in [0.3, 0.4) is 0 Å². The number of nitrogens with zero attached hydrogens (tertiary/aromatic N) is 2. The zero-order valence-electron chi connectivity index (χ0n) is 40.7. The van der Waals surface area contributed by atoms with E-state index >= 15 is 0 Å². The number of unbranched alkanes of at least 4 members (excludes halogenated alkanes) is 20. The van der Waals surface area contributed by atoms with Crippen molar-refractivity contribution < 1.29 is 23.9 Å². The second kappa shape index (κ2) is 43.0. The third-order valence-corrected chi connectivity index (χ3v) is 12.5. The van der Waals surface area contributed by atoms with Gasteiger partial charge in [-0.25, -0.2) is 0 Å². The highest BCUT2D eigenvalue weighted by Crippen LogP contribution is 2.23. The van der Waals surface area contributed by atoms with Crippen LogP contribution in [0, 0.1) is 11.8 Å². The monoisotopic (exact) mass is 835 g/mol. The standard InChI is InChI=1S/C52H102N2O5/c1-8-12-16-20-22-28-37-48(35-26-18-14-10-3)45-58-51(56)41-32-24-30-39-50(54(47(5)55)44-34-43-53(6)7)40-31-25-33-42-52(57)59-46-49(36-27-19-15-11-4)38-29-23-21-17-13-9-2/h48-50H,8-46H2,1-7H3. The third-order valence-electron chi connectivity index (χ3n) is 12.5. The van der Waals surface area contributed by atoms with Gasteiger partial charge in [-0.3, -0.25) is 14.4 Å². The van der Waals surface area contributed by atoms with E-state index in [9.17, 15) is 14.4 Å². The Bertz CT molecular complexity index is 884. The molecule has 0 heterocycles. The Labute approximate surface area is 368 Å². The molecule has 0 aliphatic carbocycles. The van der Waals surface area contributed by atoms with E-state index in [-0.39, 0.29) is 23.9 Å². The second-order valence-corrected chi connectivity index (χ2v) is 18.6. The molecule has 0 aromatic heterocycles. The first-order chi connectivity index (χ1) is 28.7. The summed E-state index contributed by atoms with van der Waals surface area (Å²) in [6.45, 7) is 13.6. The van der Waals surface area contributed by atoms with Gasteiger partial charge in [0.2, 0.25) is 5.91 Å². The van der Waals surface area contributed by atoms with Crippen molar-refractivity contribution in [1.29, 1.82) is 0 Å². The van der Waals surface area contributed by atoms with Gasteiger partial charge in [-0.15, -0.1) is 0 Å². The van der Waals surface area contributed by atoms with E-state index in [1.807, 2.05) is 0 Å². The van der Waals surface area contributed by atoms with Crippen molar-refractivity contribution in [2.45, 2.75) is 265 Å². The fourth-order valence-corrected chi connectivity index (χ4v) is 8.60. The summed E-state index contributed by atoms with van der Waals surface area (Å²) in [6, 6.07) is 0.194. The van der Waals surface area contributed by atoms with Crippen LogP contribution in [-0.2, 0) is 23.9 Å². The minimum atomic E-state index is -0.0454. The summed E-state index contributed by atoms with van der Waals surface area (Å²) in [7, 11) is 4.16. The van der Waals surface area contributed by atoms with E-state index in [0.717, 1.165) is 70.9 Å². The highest BCUT2D eigenvalue weighted by atomic mass is 16.5. The first-order valence-corrected chi connectivity index (χ1v) is 25.9. The first kappa shape index (κ1) is 57.4. The molecular formula is C52H102N2O5. The maximum atomic E-state index is 12.9. The molecule has 0 fully saturated rings. The van der Waals surface area contributed by atoms with Crippen molar-refractivity contribution in [2.24, 2.45) is 11.8 Å². The number of carbonyl (C=O) groups excluding carboxylic acids is 3. The summed E-state index contributed by atoms with van der Waals surface area (Å²) in [5, 5.41) is 0. The zero-order chi connectivity index (χ0) is 43.6. The lowest BCUT2D eigenvalue weighted by molar-refractivity contribution is -0.146. The van der Waals surface area contributed by atoms with Crippen LogP contribution in [0.2, 0.25) is 0 Å². The number of hydrogen-bond acceptors (Lipinski definition) is 6. The lowest BCUT2D eigenvalue weighted by atomic mass is 9.95. The molecule has 7 nitrogen and oxygen atoms in total. The van der Waals surface area contributed by atoms with Crippen molar-refractivity contribution in [2.75, 3.05) is 40.4 Å². The Hall–Kier alpha value is -1.63. The largest absolute Gasteiger partial charge is 0.465 e. The van der Waals surface area contributed by atoms with Gasteiger partial charge in [0.15, 0.2) is 0 Å². The van der Waals surface area contributed by atoms with Crippen LogP contribution >= 0.6 is 0 Å². The van der Waals surface area contributed by atoms with Gasteiger partial charge in [0.1, 0.15) is 0 Å². The Kier molecular flexibility index (Phi) is 41.8. The summed E-state index contributed by atoms with van der Waals surface area (Å²) < 4.78 is 11.7. The van der Waals surface area contributed by atoms with E-state index < -0.39 is 0 Å². The van der Waals surface area contributed by atoms with Gasteiger partial charge >= 0.3 is 11.9 Å². The molecule has 2 unspecified atom stereocenters. The molecule has 2 atom stereocenters. The van der Waals surface area contributed by atoms with Crippen molar-refractivity contribution in [3.8, 4) is 0 Å². The van der Waals surface area contributed by atoms with E-state index in [1.165, 1.54) is 154 Å². The van der Waals surface area contributed by atoms with Gasteiger partial charge in [-0.2, -0.15) is 0 Å². The van der Waals surface area contributed by atoms with Gasteiger partial charge < -0.3 is 19.3 Å². The van der Waals surface area contributed by atoms with Crippen LogP contribution in [0.1, 0.15) is 259 Å². The van der Waals surface area contributed by atoms with Crippen LogP contribution in [0.15, 0.2) is 0 Å². The minimum absolute atomic E-state index is 0.0454. The number of hydrogen-bond donors (Lipinski definition) is 0. The molecule has 0 radical (unpaired) electrons. The van der Waals surface area contributed by atoms with Gasteiger partial charge in [-0.05, 0) is 90.3 Å². The molecule has 0 rings (SSSR count). The number of ether oxygens (including phenoxy) is 2. The number of amides is 1. The molecule has 0 saturated carbocycles. The molecule has 7 heteroatoms. The second-order valence-electron chi connectivity index (χ2n) is 18.6. The van der Waals surface area contributed by atoms with Crippen LogP contribution < -0.4 is 0 Å². The molecule has 0 bridgehead atoms. The predicted molar refractivity (Wildman–Crippen MR) is 253 cm³/mol. The van der Waals surface area contributed by atoms with E-state index in [4.69, 9.17) is 9.47 Å². The molecule has 350 valence electrons. The maximum absolute atomic E-state index is 12.9. The molecule has 0 N–H and O–H groups in total. The molecule has 0 spiro atoms. The Morgan fingerprint density at radius 3 is 1.08 bits per heavy atom. The van der Waals surface area contributed by atoms with Crippen molar-refractivity contribution in [3.05, 3.63) is 0 Å². The van der Waals surface area contributed by atoms with Crippen LogP contribution in [0.5, 0.6) is 0 Å². The summed E-state index contributed by atoms with van der Waals surface area (Å²) >= 11 is 0. The number of esters is 2. The van der Waals surface area contributed by atoms with Gasteiger partial charge in [0, 0.05) is 32.4 Å². The van der Waals surface area contributed by atoms with Crippen LogP contribution in [-0.4, -0.2) is 74.1 Å². The minimum Gasteiger partial charge on any atom is -0.465 e. The SMILES string of the molecule is CCCCCCCCC(CCCCCC)COC(=O)CCCCCC(CCCCCC(=O)OCC(CCCCCC)CCCCCCCC)N(CCCN(C)C)C(C)=O. The van der Waals surface area contributed by atoms with E-state index in [1.54, 1.807) is 6.92 Å². The number of carbonyl (C=O) groups is 3. The molecule has 0 aliphatic heterocycles. The maximum Gasteiger partial charge on any atom is 0.305 e. The normalized spacial score (nSPS) is 13.1. The number of rotatable bonds is 45. The van der Waals surface area contributed by atoms with Gasteiger partial charge in [0.25, 0.3) is 0 Å². The van der Waals surface area contributed by atoms with Gasteiger partial charge in [0.05, 0.1) is 13.2 Å². The average molecular weight is 835 g/mol. The molecule has 0 aromatic carbocycles. The zero-order valence-corrected chi connectivity index (χ0v) is 40.7. The fraction of sp³-hybridized carbons (Fsp3) is 0.942. The molecule has 0 aromatic rings. The Morgan fingerprint density at radius 2 is 0.729 bits per heavy atom. The smallest absolute Gasteiger partial charge is 0.305 e. The predicted octanol–water partition coefficient (Wildman–Crippen LogP) is 14.8. The molecular weight excluding hydrogens is 733 g/mol. The molecule has 59 heavy (non-hydrogen) atoms. The highest BCUT2D eigenvalue weighted by molar-refractivity contribution is 5.73. The average Bonchev–Trinajstić information content (AvgIpc) is 3.21. The van der Waals surface area contributed by atoms with Gasteiger partial charge in [-0.1, -0.05) is 182 Å². The van der Waals surface area contributed by atoms with Crippen molar-refractivity contribution in [3.63, 3.8) is 0 Å². The van der Waals surface area contributed by atoms with Crippen molar-refractivity contribution >= 4 is 17.8 Å². The highest BCUT2D eigenvalue weighted by Gasteiger charge is 2.21. The van der Waals surface area contributed by atoms with Crippen molar-refractivity contribution in [1.82, 2.24) is 9.80 Å². The molecule has 1 amide bonds. The summed E-state index contributed by atoms with van der Waals surface area (Å²) in [4.78, 5) is 42.8. The van der Waals surface area contributed by atoms with E-state index in [0.29, 0.717) is 37.9 Å². The Balaban J connectivity index is 4.86. The molecule has 0 aliphatic rings.